The molecule has 5 nitrogen and oxygen atoms in total. The van der Waals surface area contributed by atoms with E-state index in [2.05, 4.69) is 174 Å². The van der Waals surface area contributed by atoms with Crippen molar-refractivity contribution < 1.29 is 22.8 Å². The summed E-state index contributed by atoms with van der Waals surface area (Å²) in [6.07, 6.45) is 10.0. The summed E-state index contributed by atoms with van der Waals surface area (Å²) in [5.41, 5.74) is -0.492. The molecule has 11 heteroatoms. The van der Waals surface area contributed by atoms with Crippen molar-refractivity contribution in [2.24, 2.45) is 10.8 Å². The highest BCUT2D eigenvalue weighted by Gasteiger charge is 2.61. The van der Waals surface area contributed by atoms with Gasteiger partial charge in [0.1, 0.15) is 0 Å². The summed E-state index contributed by atoms with van der Waals surface area (Å²) < 4.78 is 34.0. The normalized spacial score (nSPS) is 18.7. The molecule has 0 aliphatic heterocycles. The van der Waals surface area contributed by atoms with Gasteiger partial charge in [-0.2, -0.15) is 0 Å². The number of hydrogen-bond donors (Lipinski definition) is 0. The first-order valence-corrected chi connectivity index (χ1v) is 44.2. The van der Waals surface area contributed by atoms with E-state index in [1.807, 2.05) is 0 Å². The summed E-state index contributed by atoms with van der Waals surface area (Å²) in [6, 6.07) is 2.41. The molecule has 4 atom stereocenters. The highest BCUT2D eigenvalue weighted by molar-refractivity contribution is 6.80. The monoisotopic (exact) mass is 921 g/mol. The molecule has 0 aliphatic carbocycles. The third-order valence-electron chi connectivity index (χ3n) is 15.5. The van der Waals surface area contributed by atoms with E-state index < -0.39 is 49.2 Å². The molecule has 0 unspecified atom stereocenters. The van der Waals surface area contributed by atoms with Crippen molar-refractivity contribution in [2.45, 2.75) is 259 Å². The molecule has 0 amide bonds. The van der Waals surface area contributed by atoms with Crippen molar-refractivity contribution in [3.05, 3.63) is 0 Å². The molecule has 0 fully saturated rings. The molecule has 0 bridgehead atoms. The molecule has 350 valence electrons. The zero-order valence-electron chi connectivity index (χ0n) is 44.6. The van der Waals surface area contributed by atoms with Crippen LogP contribution in [0.3, 0.4) is 0 Å². The molecule has 0 aromatic heterocycles. The van der Waals surface area contributed by atoms with E-state index in [1.54, 1.807) is 0 Å². The van der Waals surface area contributed by atoms with Crippen LogP contribution >= 0.6 is 0 Å². The second-order valence-electron chi connectivity index (χ2n) is 25.9. The zero-order valence-corrected chi connectivity index (χ0v) is 50.6. The summed E-state index contributed by atoms with van der Waals surface area (Å²) in [7, 11) is -10.8. The van der Waals surface area contributed by atoms with Gasteiger partial charge in [0.25, 0.3) is 0 Å². The smallest absolute Gasteiger partial charge is 0.186 e. The molecule has 0 rings (SSSR count). The van der Waals surface area contributed by atoms with Gasteiger partial charge in [0, 0.05) is 32.7 Å². The first kappa shape index (κ1) is 59.1. The molecule has 0 radical (unpaired) electrons. The summed E-state index contributed by atoms with van der Waals surface area (Å²) >= 11 is 0. The summed E-state index contributed by atoms with van der Waals surface area (Å²) in [6.45, 7) is 68.2. The van der Waals surface area contributed by atoms with Crippen LogP contribution in [0.4, 0.5) is 0 Å². The largest absolute Gasteiger partial charge is 0.421 e. The average Bonchev–Trinajstić information content (AvgIpc) is 3.01. The molecule has 0 aliphatic rings. The van der Waals surface area contributed by atoms with Gasteiger partial charge in [-0.15, -0.1) is 0 Å². The lowest BCUT2D eigenvalue weighted by Crippen LogP contribution is -2.61. The fourth-order valence-electron chi connectivity index (χ4n) is 10.4. The van der Waals surface area contributed by atoms with Crippen molar-refractivity contribution in [3.8, 4) is 0 Å². The highest BCUT2D eigenvalue weighted by Crippen LogP contribution is 2.65. The predicted octanol–water partition coefficient (Wildman–Crippen LogP) is 16.1. The maximum absolute atomic E-state index is 7.34. The Hall–Kier alpha value is 1.10. The third-order valence-corrected chi connectivity index (χ3v) is 31.2. The fraction of sp³-hybridized carbons (Fsp3) is 1.00. The Balaban J connectivity index is 6.71. The Morgan fingerprint density at radius 2 is 0.741 bits per heavy atom. The van der Waals surface area contributed by atoms with Crippen LogP contribution in [-0.4, -0.2) is 93.0 Å². The van der Waals surface area contributed by atoms with E-state index >= 15 is 0 Å². The molecule has 0 saturated heterocycles. The van der Waals surface area contributed by atoms with Crippen molar-refractivity contribution >= 4 is 49.2 Å². The van der Waals surface area contributed by atoms with Crippen molar-refractivity contribution in [1.29, 1.82) is 0 Å². The quantitative estimate of drug-likeness (QED) is 0.0512. The minimum Gasteiger partial charge on any atom is -0.421 e. The molecule has 0 aromatic rings. The van der Waals surface area contributed by atoms with Gasteiger partial charge >= 0.3 is 0 Å². The second-order valence-corrected chi connectivity index (χ2v) is 55.4. The van der Waals surface area contributed by atoms with E-state index in [4.69, 9.17) is 22.8 Å². The van der Waals surface area contributed by atoms with Gasteiger partial charge in [-0.25, -0.2) is 0 Å². The van der Waals surface area contributed by atoms with Gasteiger partial charge in [-0.3, -0.25) is 0 Å². The van der Waals surface area contributed by atoms with E-state index in [1.165, 1.54) is 25.3 Å². The number of ether oxygens (including phenoxy) is 2. The minimum absolute atomic E-state index is 0.0112. The van der Waals surface area contributed by atoms with Gasteiger partial charge < -0.3 is 22.8 Å². The van der Waals surface area contributed by atoms with E-state index in [-0.39, 0.29) is 32.1 Å². The Morgan fingerprint density at radius 1 is 0.414 bits per heavy atom. The van der Waals surface area contributed by atoms with Crippen LogP contribution in [0.1, 0.15) is 121 Å². The summed E-state index contributed by atoms with van der Waals surface area (Å²) in [4.78, 5) is 0. The lowest BCUT2D eigenvalue weighted by atomic mass is 9.63. The number of rotatable bonds is 31. The lowest BCUT2D eigenvalue weighted by molar-refractivity contribution is -0.0646. The standard InChI is InChI=1S/C47H108O5Si6/c1-27-35-48-37-29-31-46(9,53(11,12)13)44(7,42(3,4)51-55(17,18)19)33-39-57(23,24)41-50-58(25,26)40-34-45(8,43(5,6)52-56(20,21)22)47(10,54(14,15)16)32-30-38-49-36-28-2/h27-41H2,1-26H3/t44-,45+,46+,47+/m1/s1. The van der Waals surface area contributed by atoms with Gasteiger partial charge in [0.05, 0.1) is 35.4 Å². The fourth-order valence-corrected chi connectivity index (χ4v) is 25.6. The average molecular weight is 922 g/mol. The zero-order chi connectivity index (χ0) is 46.1. The minimum atomic E-state index is -2.03. The van der Waals surface area contributed by atoms with Crippen LogP contribution in [0.5, 0.6) is 0 Å². The second kappa shape index (κ2) is 21.9. The van der Waals surface area contributed by atoms with E-state index in [0.717, 1.165) is 70.8 Å². The van der Waals surface area contributed by atoms with Crippen LogP contribution in [0.25, 0.3) is 0 Å². The Kier molecular flexibility index (Phi) is 22.3. The molecule has 0 spiro atoms. The lowest BCUT2D eigenvalue weighted by Gasteiger charge is -2.62. The molecule has 58 heavy (non-hydrogen) atoms. The Morgan fingerprint density at radius 3 is 1.03 bits per heavy atom. The molecular formula is C47H108O5Si6. The maximum Gasteiger partial charge on any atom is 0.186 e. The first-order chi connectivity index (χ1) is 25.7. The van der Waals surface area contributed by atoms with Gasteiger partial charge in [-0.1, -0.05) is 100.0 Å². The SMILES string of the molecule is CCCOCCC[C@@](C)([C@@](C)(CC[Si](C)(C)OC[Si](C)(C)CC[C@](C)(C(C)(C)O[Si](C)(C)C)[C@](C)(CCCOCCC)[Si](C)(C)C)C(C)(C)O[Si](C)(C)C)[Si](C)(C)C. The molecule has 0 N–H and O–H groups in total. The summed E-state index contributed by atoms with van der Waals surface area (Å²) in [5.74, 6) is 0. The third kappa shape index (κ3) is 16.6. The summed E-state index contributed by atoms with van der Waals surface area (Å²) in [5, 5.41) is 0.343. The van der Waals surface area contributed by atoms with Crippen LogP contribution in [0.2, 0.25) is 127 Å². The van der Waals surface area contributed by atoms with Crippen molar-refractivity contribution in [1.82, 2.24) is 0 Å². The van der Waals surface area contributed by atoms with Crippen LogP contribution < -0.4 is 0 Å². The van der Waals surface area contributed by atoms with Crippen molar-refractivity contribution in [2.75, 3.05) is 32.7 Å². The highest BCUT2D eigenvalue weighted by atomic mass is 28.4. The predicted molar refractivity (Wildman–Crippen MR) is 277 cm³/mol. The first-order valence-electron chi connectivity index (χ1n) is 23.9. The van der Waals surface area contributed by atoms with E-state index in [9.17, 15) is 0 Å². The van der Waals surface area contributed by atoms with E-state index in [0.29, 0.717) is 0 Å². The van der Waals surface area contributed by atoms with Crippen LogP contribution in [-0.2, 0) is 22.8 Å². The van der Waals surface area contributed by atoms with Crippen LogP contribution in [0, 0.1) is 10.8 Å². The van der Waals surface area contributed by atoms with Gasteiger partial charge in [0.2, 0.25) is 0 Å². The number of hydrogen-bond acceptors (Lipinski definition) is 5. The maximum atomic E-state index is 7.34. The van der Waals surface area contributed by atoms with Gasteiger partial charge in [0.15, 0.2) is 25.0 Å². The molecule has 0 heterocycles. The Labute approximate surface area is 372 Å². The van der Waals surface area contributed by atoms with Crippen molar-refractivity contribution in [3.63, 3.8) is 0 Å². The molecule has 0 aromatic carbocycles. The molecular weight excluding hydrogens is 813 g/mol. The topological polar surface area (TPSA) is 46.2 Å². The van der Waals surface area contributed by atoms with Crippen LogP contribution in [0.15, 0.2) is 0 Å². The van der Waals surface area contributed by atoms with Gasteiger partial charge in [-0.05, 0) is 158 Å². The Bertz CT molecular complexity index is 1110. The molecule has 0 saturated carbocycles.